The first kappa shape index (κ1) is 21.0. The molecule has 0 unspecified atom stereocenters. The second-order valence-electron chi connectivity index (χ2n) is 6.67. The van der Waals surface area contributed by atoms with Crippen molar-refractivity contribution in [1.29, 1.82) is 0 Å². The lowest BCUT2D eigenvalue weighted by molar-refractivity contribution is 1.56. The third-order valence-corrected chi connectivity index (χ3v) is 16.0. The van der Waals surface area contributed by atoms with Crippen LogP contribution in [-0.4, -0.2) is 23.0 Å². The van der Waals surface area contributed by atoms with Gasteiger partial charge in [0.2, 0.25) is 0 Å². The Morgan fingerprint density at radius 1 is 0.533 bits per heavy atom. The highest BCUT2D eigenvalue weighted by atomic mass is 32.3. The molecular weight excluding hydrogens is 521 g/mol. The SMILES string of the molecule is C(=C1SC2=C(SCCS2)S1)c1cc(C=C2SC3=C(SCCS3)S2)c2cccccc1-2. The number of fused-ring (bicyclic) bond motifs is 1. The van der Waals surface area contributed by atoms with Crippen LogP contribution in [0.5, 0.6) is 0 Å². The summed E-state index contributed by atoms with van der Waals surface area (Å²) in [6, 6.07) is 13.4. The van der Waals surface area contributed by atoms with E-state index in [0.717, 1.165) is 0 Å². The molecule has 0 aromatic heterocycles. The summed E-state index contributed by atoms with van der Waals surface area (Å²) < 4.78 is 8.87. The largest absolute Gasteiger partial charge is 0.116 e. The highest BCUT2D eigenvalue weighted by molar-refractivity contribution is 8.42. The standard InChI is InChI=1S/C22H16S8/c1-2-4-15-13(11-17-27-19-20(28-17)24-7-6-23-19)10-14(16(15)5-3-1)12-18-29-21-22(30-18)26-9-8-25-21/h1-5,10-12H,6-9H2. The summed E-state index contributed by atoms with van der Waals surface area (Å²) >= 11 is 15.9. The third kappa shape index (κ3) is 4.32. The Morgan fingerprint density at radius 3 is 1.33 bits per heavy atom. The van der Waals surface area contributed by atoms with Gasteiger partial charge in [0.15, 0.2) is 0 Å². The van der Waals surface area contributed by atoms with E-state index in [4.69, 9.17) is 0 Å². The van der Waals surface area contributed by atoms with E-state index < -0.39 is 0 Å². The number of rotatable bonds is 2. The molecule has 0 nitrogen and oxygen atoms in total. The zero-order valence-electron chi connectivity index (χ0n) is 15.7. The van der Waals surface area contributed by atoms with Crippen molar-refractivity contribution in [2.45, 2.75) is 0 Å². The van der Waals surface area contributed by atoms with Crippen molar-refractivity contribution in [3.63, 3.8) is 0 Å². The van der Waals surface area contributed by atoms with Gasteiger partial charge in [-0.1, -0.05) is 77.4 Å². The number of hydrogen-bond acceptors (Lipinski definition) is 8. The van der Waals surface area contributed by atoms with Crippen molar-refractivity contribution < 1.29 is 0 Å². The monoisotopic (exact) mass is 536 g/mol. The van der Waals surface area contributed by atoms with Crippen molar-refractivity contribution in [2.75, 3.05) is 23.0 Å². The minimum absolute atomic E-state index is 1.24. The molecule has 0 radical (unpaired) electrons. The van der Waals surface area contributed by atoms with E-state index in [1.54, 1.807) is 0 Å². The highest BCUT2D eigenvalue weighted by Gasteiger charge is 2.27. The molecule has 0 saturated heterocycles. The van der Waals surface area contributed by atoms with Gasteiger partial charge in [0, 0.05) is 23.0 Å². The molecule has 4 aliphatic heterocycles. The average molecular weight is 537 g/mol. The molecule has 152 valence electrons. The van der Waals surface area contributed by atoms with E-state index in [-0.39, 0.29) is 0 Å². The van der Waals surface area contributed by atoms with Gasteiger partial charge in [0.05, 0.1) is 25.4 Å². The molecule has 0 aromatic rings. The first-order chi connectivity index (χ1) is 14.8. The highest BCUT2D eigenvalue weighted by Crippen LogP contribution is 2.61. The molecule has 0 atom stereocenters. The van der Waals surface area contributed by atoms with E-state index >= 15 is 0 Å². The number of thioether (sulfide) groups is 8. The molecule has 0 bridgehead atoms. The molecule has 0 fully saturated rings. The summed E-state index contributed by atoms with van der Waals surface area (Å²) in [7, 11) is 0. The maximum atomic E-state index is 2.41. The Bertz CT molecular complexity index is 986. The zero-order chi connectivity index (χ0) is 19.9. The Kier molecular flexibility index (Phi) is 6.57. The van der Waals surface area contributed by atoms with Crippen LogP contribution in [0.1, 0.15) is 11.1 Å². The van der Waals surface area contributed by atoms with Gasteiger partial charge in [-0.3, -0.25) is 0 Å². The quantitative estimate of drug-likeness (QED) is 0.367. The molecule has 0 N–H and O–H groups in total. The van der Waals surface area contributed by atoms with Crippen molar-refractivity contribution in [3.8, 4) is 11.1 Å². The van der Waals surface area contributed by atoms with Gasteiger partial charge < -0.3 is 0 Å². The second kappa shape index (κ2) is 9.37. The Labute approximate surface area is 211 Å². The van der Waals surface area contributed by atoms with E-state index in [1.165, 1.54) is 70.7 Å². The van der Waals surface area contributed by atoms with Gasteiger partial charge in [0.25, 0.3) is 0 Å². The van der Waals surface area contributed by atoms with Gasteiger partial charge in [-0.15, -0.1) is 47.0 Å². The molecule has 6 rings (SSSR count). The molecule has 30 heavy (non-hydrogen) atoms. The summed E-state index contributed by atoms with van der Waals surface area (Å²) in [6.45, 7) is 0. The predicted molar refractivity (Wildman–Crippen MR) is 153 cm³/mol. The summed E-state index contributed by atoms with van der Waals surface area (Å²) in [6.07, 6.45) is 4.81. The first-order valence-corrected chi connectivity index (χ1v) is 16.7. The third-order valence-electron chi connectivity index (χ3n) is 4.72. The summed E-state index contributed by atoms with van der Waals surface area (Å²) in [5.41, 5.74) is 5.38. The van der Waals surface area contributed by atoms with Crippen LogP contribution in [0.15, 0.2) is 61.8 Å². The predicted octanol–water partition coefficient (Wildman–Crippen LogP) is 9.56. The van der Waals surface area contributed by atoms with Crippen LogP contribution in [0.25, 0.3) is 23.3 Å². The van der Waals surface area contributed by atoms with Crippen molar-refractivity contribution in [2.24, 2.45) is 0 Å². The van der Waals surface area contributed by atoms with E-state index in [2.05, 4.69) is 48.6 Å². The number of hydrogen-bond donors (Lipinski definition) is 0. The maximum absolute atomic E-state index is 2.41. The molecule has 0 spiro atoms. The van der Waals surface area contributed by atoms with Crippen LogP contribution in [-0.2, 0) is 0 Å². The van der Waals surface area contributed by atoms with E-state index in [1.807, 2.05) is 94.1 Å². The zero-order valence-corrected chi connectivity index (χ0v) is 22.2. The van der Waals surface area contributed by atoms with Crippen LogP contribution in [0.3, 0.4) is 0 Å². The Balaban J connectivity index is 1.33. The lowest BCUT2D eigenvalue weighted by Gasteiger charge is -2.08. The van der Waals surface area contributed by atoms with Crippen LogP contribution in [0, 0.1) is 0 Å². The van der Waals surface area contributed by atoms with Crippen molar-refractivity contribution in [3.05, 3.63) is 72.9 Å². The average Bonchev–Trinajstić information content (AvgIpc) is 3.38. The van der Waals surface area contributed by atoms with Crippen LogP contribution < -0.4 is 0 Å². The molecule has 0 aromatic carbocycles. The van der Waals surface area contributed by atoms with Gasteiger partial charge in [-0.25, -0.2) is 0 Å². The van der Waals surface area contributed by atoms with Gasteiger partial charge >= 0.3 is 0 Å². The molecular formula is C22H16S8. The fourth-order valence-corrected chi connectivity index (χ4v) is 15.2. The van der Waals surface area contributed by atoms with Crippen LogP contribution in [0.4, 0.5) is 0 Å². The van der Waals surface area contributed by atoms with E-state index in [9.17, 15) is 0 Å². The fraction of sp³-hybridized carbons (Fsp3) is 0.182. The molecule has 0 saturated carbocycles. The normalized spacial score (nSPS) is 21.3. The lowest BCUT2D eigenvalue weighted by Crippen LogP contribution is -1.88. The van der Waals surface area contributed by atoms with Crippen molar-refractivity contribution in [1.82, 2.24) is 0 Å². The molecule has 2 aliphatic carbocycles. The topological polar surface area (TPSA) is 0 Å². The fourth-order valence-electron chi connectivity index (χ4n) is 3.45. The first-order valence-electron chi connectivity index (χ1n) is 9.50. The second-order valence-corrected chi connectivity index (χ2v) is 16.9. The molecule has 8 heteroatoms. The molecule has 4 heterocycles. The van der Waals surface area contributed by atoms with Crippen LogP contribution in [0.2, 0.25) is 0 Å². The van der Waals surface area contributed by atoms with E-state index in [0.29, 0.717) is 0 Å². The molecule has 6 aliphatic rings. The summed E-state index contributed by atoms with van der Waals surface area (Å²) in [4.78, 5) is 0. The smallest absolute Gasteiger partial charge is 0.0660 e. The summed E-state index contributed by atoms with van der Waals surface area (Å²) in [5, 5.41) is 0. The maximum Gasteiger partial charge on any atom is 0.0660 e. The Morgan fingerprint density at radius 2 is 0.933 bits per heavy atom. The van der Waals surface area contributed by atoms with Crippen LogP contribution >= 0.6 is 94.1 Å². The minimum Gasteiger partial charge on any atom is -0.116 e. The Hall–Kier alpha value is 0.460. The summed E-state index contributed by atoms with van der Waals surface area (Å²) in [5.74, 6) is 4.95. The van der Waals surface area contributed by atoms with Gasteiger partial charge in [0.1, 0.15) is 0 Å². The van der Waals surface area contributed by atoms with Gasteiger partial charge in [-0.2, -0.15) is 0 Å². The lowest BCUT2D eigenvalue weighted by atomic mass is 10.1. The van der Waals surface area contributed by atoms with Crippen molar-refractivity contribution >= 4 is 106 Å². The minimum atomic E-state index is 1.24. The molecule has 0 amide bonds. The van der Waals surface area contributed by atoms with Gasteiger partial charge in [-0.05, 0) is 40.5 Å².